The van der Waals surface area contributed by atoms with Crippen LogP contribution in [0.3, 0.4) is 0 Å². The predicted molar refractivity (Wildman–Crippen MR) is 122 cm³/mol. The summed E-state index contributed by atoms with van der Waals surface area (Å²) in [5.41, 5.74) is 2.02. The van der Waals surface area contributed by atoms with E-state index in [-0.39, 0.29) is 24.6 Å². The second-order valence-corrected chi connectivity index (χ2v) is 7.22. The van der Waals surface area contributed by atoms with Crippen molar-refractivity contribution in [2.24, 2.45) is 0 Å². The van der Waals surface area contributed by atoms with Gasteiger partial charge in [0.05, 0.1) is 6.61 Å². The van der Waals surface area contributed by atoms with Gasteiger partial charge in [-0.25, -0.2) is 4.39 Å². The van der Waals surface area contributed by atoms with Gasteiger partial charge < -0.3 is 20.1 Å². The average molecular weight is 451 g/mol. The summed E-state index contributed by atoms with van der Waals surface area (Å²) in [6.45, 7) is 4.63. The summed E-state index contributed by atoms with van der Waals surface area (Å²) in [5, 5.41) is 5.40. The van der Waals surface area contributed by atoms with Crippen molar-refractivity contribution in [3.63, 3.8) is 0 Å². The number of aryl methyl sites for hydroxylation is 1. The molecule has 2 N–H and O–H groups in total. The molecular formula is C25H26FN3O4. The Kier molecular flexibility index (Phi) is 8.35. The largest absolute Gasteiger partial charge is 0.490 e. The molecule has 0 saturated heterocycles. The maximum Gasteiger partial charge on any atom is 0.251 e. The minimum atomic E-state index is -0.436. The Morgan fingerprint density at radius 3 is 2.27 bits per heavy atom. The van der Waals surface area contributed by atoms with Crippen molar-refractivity contribution in [2.45, 2.75) is 20.5 Å². The number of nitrogens with one attached hydrogen (secondary N) is 2. The molecule has 0 fully saturated rings. The van der Waals surface area contributed by atoms with Crippen molar-refractivity contribution >= 4 is 11.8 Å². The first-order chi connectivity index (χ1) is 16.0. The third kappa shape index (κ3) is 6.77. The standard InChI is InChI=1S/C25H26FN3O4/c1-3-32-23-14-20(8-9-22(23)33-16-18-5-4-10-27-15-18)25(31)29-12-11-28-24(30)19-7-6-17(2)21(26)13-19/h4-10,13-15H,3,11-12,16H2,1-2H3,(H,28,30)(H,29,31). The zero-order chi connectivity index (χ0) is 23.6. The number of carbonyl (C=O) groups excluding carboxylic acids is 2. The molecule has 2 aromatic carbocycles. The van der Waals surface area contributed by atoms with Gasteiger partial charge in [-0.2, -0.15) is 0 Å². The van der Waals surface area contributed by atoms with Crippen LogP contribution in [0.25, 0.3) is 0 Å². The van der Waals surface area contributed by atoms with Crippen LogP contribution < -0.4 is 20.1 Å². The van der Waals surface area contributed by atoms with Crippen LogP contribution in [-0.4, -0.2) is 36.5 Å². The summed E-state index contributed by atoms with van der Waals surface area (Å²) in [7, 11) is 0. The van der Waals surface area contributed by atoms with Gasteiger partial charge >= 0.3 is 0 Å². The van der Waals surface area contributed by atoms with Crippen molar-refractivity contribution in [1.29, 1.82) is 0 Å². The van der Waals surface area contributed by atoms with E-state index in [0.717, 1.165) is 5.56 Å². The molecule has 0 aliphatic rings. The molecule has 0 saturated carbocycles. The highest BCUT2D eigenvalue weighted by atomic mass is 19.1. The Balaban J connectivity index is 1.52. The van der Waals surface area contributed by atoms with Gasteiger partial charge in [0, 0.05) is 42.2 Å². The van der Waals surface area contributed by atoms with E-state index < -0.39 is 11.7 Å². The lowest BCUT2D eigenvalue weighted by atomic mass is 10.1. The van der Waals surface area contributed by atoms with Gasteiger partial charge in [0.25, 0.3) is 11.8 Å². The number of hydrogen-bond donors (Lipinski definition) is 2. The van der Waals surface area contributed by atoms with Crippen LogP contribution in [0.15, 0.2) is 60.9 Å². The van der Waals surface area contributed by atoms with Gasteiger partial charge in [-0.3, -0.25) is 14.6 Å². The van der Waals surface area contributed by atoms with E-state index in [1.54, 1.807) is 49.6 Å². The molecule has 0 aliphatic heterocycles. The summed E-state index contributed by atoms with van der Waals surface area (Å²) in [6, 6.07) is 13.0. The molecule has 0 aliphatic carbocycles. The summed E-state index contributed by atoms with van der Waals surface area (Å²) in [6.07, 6.45) is 3.41. The predicted octanol–water partition coefficient (Wildman–Crippen LogP) is 3.67. The van der Waals surface area contributed by atoms with Crippen molar-refractivity contribution in [1.82, 2.24) is 15.6 Å². The molecule has 0 unspecified atom stereocenters. The van der Waals surface area contributed by atoms with E-state index in [2.05, 4.69) is 15.6 Å². The van der Waals surface area contributed by atoms with Crippen LogP contribution in [0.2, 0.25) is 0 Å². The van der Waals surface area contributed by atoms with Crippen molar-refractivity contribution in [3.8, 4) is 11.5 Å². The van der Waals surface area contributed by atoms with E-state index in [1.165, 1.54) is 6.07 Å². The maximum atomic E-state index is 13.6. The highest BCUT2D eigenvalue weighted by molar-refractivity contribution is 5.95. The molecule has 0 atom stereocenters. The summed E-state index contributed by atoms with van der Waals surface area (Å²) in [5.74, 6) is -0.171. The number of hydrogen-bond acceptors (Lipinski definition) is 5. The van der Waals surface area contributed by atoms with Gasteiger partial charge in [-0.15, -0.1) is 0 Å². The highest BCUT2D eigenvalue weighted by Gasteiger charge is 2.13. The Bertz CT molecular complexity index is 1110. The number of aromatic nitrogens is 1. The lowest BCUT2D eigenvalue weighted by Gasteiger charge is -2.13. The van der Waals surface area contributed by atoms with E-state index in [0.29, 0.717) is 35.8 Å². The zero-order valence-corrected chi connectivity index (χ0v) is 18.6. The third-order valence-corrected chi connectivity index (χ3v) is 4.75. The molecule has 0 spiro atoms. The molecule has 1 aromatic heterocycles. The van der Waals surface area contributed by atoms with E-state index in [1.807, 2.05) is 19.1 Å². The first kappa shape index (κ1) is 23.7. The van der Waals surface area contributed by atoms with Crippen LogP contribution in [0.4, 0.5) is 4.39 Å². The molecule has 7 nitrogen and oxygen atoms in total. The van der Waals surface area contributed by atoms with Crippen molar-refractivity contribution in [3.05, 3.63) is 89.0 Å². The van der Waals surface area contributed by atoms with Crippen molar-refractivity contribution < 1.29 is 23.5 Å². The molecule has 3 rings (SSSR count). The van der Waals surface area contributed by atoms with E-state index >= 15 is 0 Å². The van der Waals surface area contributed by atoms with Gasteiger partial charge in [0.15, 0.2) is 11.5 Å². The smallest absolute Gasteiger partial charge is 0.251 e. The molecule has 3 aromatic rings. The second kappa shape index (κ2) is 11.6. The lowest BCUT2D eigenvalue weighted by Crippen LogP contribution is -2.34. The van der Waals surface area contributed by atoms with Crippen molar-refractivity contribution in [2.75, 3.05) is 19.7 Å². The Labute approximate surface area is 192 Å². The van der Waals surface area contributed by atoms with Gasteiger partial charge in [-0.1, -0.05) is 12.1 Å². The quantitative estimate of drug-likeness (QED) is 0.459. The van der Waals surface area contributed by atoms with Crippen LogP contribution in [0.1, 0.15) is 38.8 Å². The number of benzene rings is 2. The number of pyridine rings is 1. The summed E-state index contributed by atoms with van der Waals surface area (Å²) < 4.78 is 25.1. The molecule has 8 heteroatoms. The number of amides is 2. The Morgan fingerprint density at radius 2 is 1.64 bits per heavy atom. The molecule has 0 radical (unpaired) electrons. The SMILES string of the molecule is CCOc1cc(C(=O)NCCNC(=O)c2ccc(C)c(F)c2)ccc1OCc1cccnc1. The number of ether oxygens (including phenoxy) is 2. The first-order valence-electron chi connectivity index (χ1n) is 10.6. The molecule has 1 heterocycles. The van der Waals surface area contributed by atoms with Crippen LogP contribution >= 0.6 is 0 Å². The minimum absolute atomic E-state index is 0.199. The zero-order valence-electron chi connectivity index (χ0n) is 18.6. The maximum absolute atomic E-state index is 13.6. The van der Waals surface area contributed by atoms with Crippen LogP contribution in [0, 0.1) is 12.7 Å². The fourth-order valence-electron chi connectivity index (χ4n) is 2.97. The average Bonchev–Trinajstić information content (AvgIpc) is 2.83. The number of halogens is 1. The molecule has 2 amide bonds. The number of carbonyl (C=O) groups is 2. The summed E-state index contributed by atoms with van der Waals surface area (Å²) >= 11 is 0. The molecule has 0 bridgehead atoms. The van der Waals surface area contributed by atoms with Crippen LogP contribution in [0.5, 0.6) is 11.5 Å². The second-order valence-electron chi connectivity index (χ2n) is 7.22. The topological polar surface area (TPSA) is 89.6 Å². The van der Waals surface area contributed by atoms with Gasteiger partial charge in [0.1, 0.15) is 12.4 Å². The van der Waals surface area contributed by atoms with Gasteiger partial charge in [0.2, 0.25) is 0 Å². The fourth-order valence-corrected chi connectivity index (χ4v) is 2.97. The normalized spacial score (nSPS) is 10.4. The number of nitrogens with zero attached hydrogens (tertiary/aromatic N) is 1. The molecule has 33 heavy (non-hydrogen) atoms. The van der Waals surface area contributed by atoms with Gasteiger partial charge in [-0.05, 0) is 55.8 Å². The third-order valence-electron chi connectivity index (χ3n) is 4.75. The monoisotopic (exact) mass is 451 g/mol. The van der Waals surface area contributed by atoms with E-state index in [4.69, 9.17) is 9.47 Å². The fraction of sp³-hybridized carbons (Fsp3) is 0.240. The highest BCUT2D eigenvalue weighted by Crippen LogP contribution is 2.29. The van der Waals surface area contributed by atoms with E-state index in [9.17, 15) is 14.0 Å². The number of rotatable bonds is 10. The molecular weight excluding hydrogens is 425 g/mol. The minimum Gasteiger partial charge on any atom is -0.490 e. The summed E-state index contributed by atoms with van der Waals surface area (Å²) in [4.78, 5) is 28.7. The Hall–Kier alpha value is -3.94. The lowest BCUT2D eigenvalue weighted by molar-refractivity contribution is 0.0927. The first-order valence-corrected chi connectivity index (χ1v) is 10.6. The van der Waals surface area contributed by atoms with Crippen LogP contribution in [-0.2, 0) is 6.61 Å². The Morgan fingerprint density at radius 1 is 0.939 bits per heavy atom. The molecule has 172 valence electrons.